The lowest BCUT2D eigenvalue weighted by Crippen LogP contribution is -2.44. The van der Waals surface area contributed by atoms with E-state index in [1.807, 2.05) is 16.8 Å². The average Bonchev–Trinajstić information content (AvgIpc) is 3.27. The van der Waals surface area contributed by atoms with Crippen LogP contribution in [0.25, 0.3) is 11.1 Å². The molecule has 0 aliphatic carbocycles. The average molecular weight is 407 g/mol. The summed E-state index contributed by atoms with van der Waals surface area (Å²) in [5.74, 6) is 0.0966. The second-order valence-corrected chi connectivity index (χ2v) is 7.90. The Bertz CT molecular complexity index is 953. The van der Waals surface area contributed by atoms with Crippen LogP contribution in [0.3, 0.4) is 0 Å². The summed E-state index contributed by atoms with van der Waals surface area (Å²) in [7, 11) is 1.71. The highest BCUT2D eigenvalue weighted by Gasteiger charge is 2.39. The monoisotopic (exact) mass is 406 g/mol. The van der Waals surface area contributed by atoms with Gasteiger partial charge in [0.15, 0.2) is 0 Å². The molecule has 0 spiro atoms. The summed E-state index contributed by atoms with van der Waals surface area (Å²) < 4.78 is 20.1. The summed E-state index contributed by atoms with van der Waals surface area (Å²) in [6.45, 7) is 5.55. The van der Waals surface area contributed by atoms with Crippen molar-refractivity contribution >= 4 is 0 Å². The van der Waals surface area contributed by atoms with Gasteiger partial charge in [-0.3, -0.25) is 0 Å². The van der Waals surface area contributed by atoms with E-state index in [9.17, 15) is 0 Å². The van der Waals surface area contributed by atoms with Crippen LogP contribution in [0.1, 0.15) is 37.8 Å². The van der Waals surface area contributed by atoms with Gasteiger partial charge >= 0.3 is 0 Å². The molecular formula is C25H30N2O3. The topological polar surface area (TPSA) is 45.5 Å². The molecular weight excluding hydrogens is 376 g/mol. The molecule has 0 amide bonds. The van der Waals surface area contributed by atoms with Crippen LogP contribution in [0.15, 0.2) is 61.2 Å². The fraction of sp³-hybridized carbons (Fsp3) is 0.400. The fourth-order valence-corrected chi connectivity index (χ4v) is 4.11. The maximum atomic E-state index is 6.38. The summed E-state index contributed by atoms with van der Waals surface area (Å²) in [5, 5.41) is 0. The van der Waals surface area contributed by atoms with E-state index in [0.717, 1.165) is 30.6 Å². The van der Waals surface area contributed by atoms with Crippen molar-refractivity contribution in [3.63, 3.8) is 0 Å². The summed E-state index contributed by atoms with van der Waals surface area (Å²) in [5.41, 5.74) is 4.76. The highest BCUT2D eigenvalue weighted by Crippen LogP contribution is 2.37. The number of rotatable bonds is 7. The minimum atomic E-state index is -0.803. The van der Waals surface area contributed by atoms with Gasteiger partial charge in [-0.2, -0.15) is 0 Å². The van der Waals surface area contributed by atoms with Crippen molar-refractivity contribution < 1.29 is 14.2 Å². The van der Waals surface area contributed by atoms with Crippen LogP contribution >= 0.6 is 0 Å². The maximum Gasteiger partial charge on any atom is 0.213 e. The summed E-state index contributed by atoms with van der Waals surface area (Å²) in [6.07, 6.45) is 8.67. The second kappa shape index (κ2) is 9.02. The Kier molecular flexibility index (Phi) is 6.21. The minimum Gasteiger partial charge on any atom is -0.497 e. The van der Waals surface area contributed by atoms with Crippen LogP contribution in [-0.4, -0.2) is 29.4 Å². The third kappa shape index (κ3) is 4.27. The molecule has 158 valence electrons. The van der Waals surface area contributed by atoms with Gasteiger partial charge in [0, 0.05) is 18.0 Å². The SMILES string of the molecule is CCCc1cc(OC)ccc1-c1ccc(C2(Cn3ccnc3)OCCC(C)O2)cc1. The highest BCUT2D eigenvalue weighted by atomic mass is 16.7. The molecule has 2 aromatic carbocycles. The molecule has 2 atom stereocenters. The zero-order chi connectivity index (χ0) is 21.0. The largest absolute Gasteiger partial charge is 0.497 e. The summed E-state index contributed by atoms with van der Waals surface area (Å²) in [4.78, 5) is 4.17. The summed E-state index contributed by atoms with van der Waals surface area (Å²) in [6, 6.07) is 14.9. The Balaban J connectivity index is 1.67. The Morgan fingerprint density at radius 1 is 1.20 bits per heavy atom. The molecule has 0 saturated carbocycles. The normalized spacial score (nSPS) is 21.5. The van der Waals surface area contributed by atoms with Gasteiger partial charge in [-0.05, 0) is 48.6 Å². The second-order valence-electron chi connectivity index (χ2n) is 7.90. The van der Waals surface area contributed by atoms with E-state index in [2.05, 4.69) is 55.2 Å². The molecule has 1 saturated heterocycles. The lowest BCUT2D eigenvalue weighted by atomic mass is 9.94. The Hall–Kier alpha value is -2.63. The van der Waals surface area contributed by atoms with Gasteiger partial charge in [-0.15, -0.1) is 0 Å². The van der Waals surface area contributed by atoms with Gasteiger partial charge in [0.1, 0.15) is 5.75 Å². The molecule has 1 aromatic heterocycles. The van der Waals surface area contributed by atoms with Crippen molar-refractivity contribution in [2.24, 2.45) is 0 Å². The van der Waals surface area contributed by atoms with Crippen molar-refractivity contribution in [1.29, 1.82) is 0 Å². The molecule has 1 aliphatic rings. The third-order valence-electron chi connectivity index (χ3n) is 5.67. The number of nitrogens with zero attached hydrogens (tertiary/aromatic N) is 2. The lowest BCUT2D eigenvalue weighted by Gasteiger charge is -2.40. The number of aryl methyl sites for hydroxylation is 1. The lowest BCUT2D eigenvalue weighted by molar-refractivity contribution is -0.306. The van der Waals surface area contributed by atoms with Gasteiger partial charge in [-0.1, -0.05) is 43.7 Å². The number of ether oxygens (including phenoxy) is 3. The van der Waals surface area contributed by atoms with Crippen LogP contribution in [0.4, 0.5) is 0 Å². The van der Waals surface area contributed by atoms with Crippen molar-refractivity contribution in [1.82, 2.24) is 9.55 Å². The predicted octanol–water partition coefficient (Wildman–Crippen LogP) is 5.19. The maximum absolute atomic E-state index is 6.38. The molecule has 5 heteroatoms. The number of benzene rings is 2. The third-order valence-corrected chi connectivity index (χ3v) is 5.67. The Morgan fingerprint density at radius 3 is 2.70 bits per heavy atom. The molecule has 5 nitrogen and oxygen atoms in total. The fourth-order valence-electron chi connectivity index (χ4n) is 4.11. The molecule has 1 aliphatic heterocycles. The van der Waals surface area contributed by atoms with Crippen LogP contribution in [0.2, 0.25) is 0 Å². The first-order valence-electron chi connectivity index (χ1n) is 10.7. The standard InChI is InChI=1S/C25H30N2O3/c1-4-5-21-16-23(28-3)10-11-24(21)20-6-8-22(9-7-20)25(17-27-14-13-26-18-27)29-15-12-19(2)30-25/h6-11,13-14,16,18-19H,4-5,12,15,17H2,1-3H3. The molecule has 30 heavy (non-hydrogen) atoms. The smallest absolute Gasteiger partial charge is 0.213 e. The molecule has 2 unspecified atom stereocenters. The van der Waals surface area contributed by atoms with Gasteiger partial charge in [0.05, 0.1) is 32.7 Å². The van der Waals surface area contributed by atoms with Crippen molar-refractivity contribution in [3.8, 4) is 16.9 Å². The van der Waals surface area contributed by atoms with E-state index in [-0.39, 0.29) is 6.10 Å². The van der Waals surface area contributed by atoms with Crippen LogP contribution in [-0.2, 0) is 28.2 Å². The van der Waals surface area contributed by atoms with E-state index < -0.39 is 5.79 Å². The van der Waals surface area contributed by atoms with Gasteiger partial charge < -0.3 is 18.8 Å². The predicted molar refractivity (Wildman–Crippen MR) is 117 cm³/mol. The summed E-state index contributed by atoms with van der Waals surface area (Å²) >= 11 is 0. The van der Waals surface area contributed by atoms with E-state index in [1.54, 1.807) is 19.6 Å². The number of aromatic nitrogens is 2. The van der Waals surface area contributed by atoms with Gasteiger partial charge in [0.25, 0.3) is 0 Å². The van der Waals surface area contributed by atoms with Crippen molar-refractivity contribution in [2.75, 3.05) is 13.7 Å². The molecule has 2 heterocycles. The highest BCUT2D eigenvalue weighted by molar-refractivity contribution is 5.69. The number of imidazole rings is 1. The zero-order valence-corrected chi connectivity index (χ0v) is 18.0. The van der Waals surface area contributed by atoms with Crippen LogP contribution in [0.5, 0.6) is 5.75 Å². The first kappa shape index (κ1) is 20.6. The Morgan fingerprint density at radius 2 is 2.03 bits per heavy atom. The molecule has 4 rings (SSSR count). The number of methoxy groups -OCH3 is 1. The molecule has 0 N–H and O–H groups in total. The molecule has 0 bridgehead atoms. The number of hydrogen-bond acceptors (Lipinski definition) is 4. The van der Waals surface area contributed by atoms with E-state index in [0.29, 0.717) is 13.2 Å². The minimum absolute atomic E-state index is 0.139. The van der Waals surface area contributed by atoms with Crippen molar-refractivity contribution in [3.05, 3.63) is 72.3 Å². The van der Waals surface area contributed by atoms with E-state index >= 15 is 0 Å². The molecule has 1 fully saturated rings. The van der Waals surface area contributed by atoms with E-state index in [4.69, 9.17) is 14.2 Å². The number of hydrogen-bond donors (Lipinski definition) is 0. The van der Waals surface area contributed by atoms with Gasteiger partial charge in [-0.25, -0.2) is 4.98 Å². The van der Waals surface area contributed by atoms with Gasteiger partial charge in [0.2, 0.25) is 5.79 Å². The Labute approximate surface area is 178 Å². The van der Waals surface area contributed by atoms with Crippen LogP contribution < -0.4 is 4.74 Å². The molecule has 3 aromatic rings. The van der Waals surface area contributed by atoms with Crippen LogP contribution in [0, 0.1) is 0 Å². The molecule has 0 radical (unpaired) electrons. The van der Waals surface area contributed by atoms with Crippen molar-refractivity contribution in [2.45, 2.75) is 51.5 Å². The first-order chi connectivity index (χ1) is 14.6. The quantitative estimate of drug-likeness (QED) is 0.542. The van der Waals surface area contributed by atoms with E-state index in [1.165, 1.54) is 16.7 Å². The zero-order valence-electron chi connectivity index (χ0n) is 18.0. The first-order valence-corrected chi connectivity index (χ1v) is 10.7.